The SMILES string of the molecule is C=C1NC(=O)N(C(C(=O)Nc2cc(NC(=O)CCCOc3ccc(C(C)(C)CC)cc3C(C)(C)CC)ccc2Cl)C(=O)C(C)(C)C)C1=O. The molecule has 0 spiro atoms. The Labute approximate surface area is 289 Å². The fourth-order valence-electron chi connectivity index (χ4n) is 5.02. The normalized spacial score (nSPS) is 14.5. The number of imide groups is 1. The van der Waals surface area contributed by atoms with E-state index in [2.05, 4.69) is 76.2 Å². The van der Waals surface area contributed by atoms with Crippen molar-refractivity contribution < 1.29 is 28.7 Å². The fraction of sp³-hybridized carbons (Fsp3) is 0.486. The third kappa shape index (κ3) is 8.83. The van der Waals surface area contributed by atoms with Gasteiger partial charge in [-0.15, -0.1) is 0 Å². The van der Waals surface area contributed by atoms with Crippen LogP contribution in [-0.4, -0.2) is 47.1 Å². The van der Waals surface area contributed by atoms with E-state index in [1.807, 2.05) is 6.07 Å². The van der Waals surface area contributed by atoms with Crippen LogP contribution in [0.15, 0.2) is 48.7 Å². The minimum absolute atomic E-state index is 0.0458. The highest BCUT2D eigenvalue weighted by atomic mass is 35.5. The van der Waals surface area contributed by atoms with Crippen molar-refractivity contribution in [2.75, 3.05) is 17.2 Å². The molecule has 5 amide bonds. The van der Waals surface area contributed by atoms with Crippen molar-refractivity contribution in [3.63, 3.8) is 0 Å². The summed E-state index contributed by atoms with van der Waals surface area (Å²) in [5.41, 5.74) is 1.50. The Bertz CT molecular complexity index is 1610. The van der Waals surface area contributed by atoms with Gasteiger partial charge < -0.3 is 20.7 Å². The molecule has 10 nitrogen and oxygen atoms in total. The summed E-state index contributed by atoms with van der Waals surface area (Å²) < 4.78 is 6.20. The average molecular weight is 681 g/mol. The number of ether oxygens (including phenoxy) is 1. The molecule has 0 radical (unpaired) electrons. The molecule has 48 heavy (non-hydrogen) atoms. The quantitative estimate of drug-likeness (QED) is 0.0819. The number of carbonyl (C=O) groups excluding carboxylic acids is 5. The first kappa shape index (κ1) is 38.3. The van der Waals surface area contributed by atoms with E-state index < -0.39 is 35.1 Å². The minimum atomic E-state index is -1.77. The van der Waals surface area contributed by atoms with Gasteiger partial charge >= 0.3 is 6.03 Å². The lowest BCUT2D eigenvalue weighted by Gasteiger charge is -2.30. The highest BCUT2D eigenvalue weighted by Gasteiger charge is 2.48. The van der Waals surface area contributed by atoms with Crippen LogP contribution in [0, 0.1) is 5.41 Å². The molecule has 2 aromatic rings. The summed E-state index contributed by atoms with van der Waals surface area (Å²) in [6.07, 6.45) is 2.60. The maximum absolute atomic E-state index is 13.5. The molecule has 1 aliphatic rings. The van der Waals surface area contributed by atoms with Crippen molar-refractivity contribution in [1.29, 1.82) is 0 Å². The summed E-state index contributed by atoms with van der Waals surface area (Å²) in [5, 5.41) is 7.72. The molecule has 1 saturated heterocycles. The largest absolute Gasteiger partial charge is 0.493 e. The van der Waals surface area contributed by atoms with Crippen LogP contribution >= 0.6 is 11.6 Å². The van der Waals surface area contributed by atoms with E-state index in [0.717, 1.165) is 24.2 Å². The second-order valence-corrected chi connectivity index (χ2v) is 14.9. The molecule has 2 aromatic carbocycles. The predicted molar refractivity (Wildman–Crippen MR) is 189 cm³/mol. The lowest BCUT2D eigenvalue weighted by atomic mass is 9.76. The summed E-state index contributed by atoms with van der Waals surface area (Å²) in [5.74, 6) is -1.93. The molecule has 260 valence electrons. The maximum atomic E-state index is 13.5. The lowest BCUT2D eigenvalue weighted by molar-refractivity contribution is -0.142. The third-order valence-electron chi connectivity index (χ3n) is 9.02. The summed E-state index contributed by atoms with van der Waals surface area (Å²) >= 11 is 6.35. The number of benzene rings is 2. The number of rotatable bonds is 14. The topological polar surface area (TPSA) is 134 Å². The van der Waals surface area contributed by atoms with E-state index in [4.69, 9.17) is 16.3 Å². The van der Waals surface area contributed by atoms with Crippen molar-refractivity contribution in [1.82, 2.24) is 10.2 Å². The van der Waals surface area contributed by atoms with Gasteiger partial charge in [0.1, 0.15) is 11.4 Å². The molecule has 3 rings (SSSR count). The average Bonchev–Trinajstić information content (AvgIpc) is 3.26. The molecular formula is C37H49ClN4O6. The van der Waals surface area contributed by atoms with E-state index in [1.54, 1.807) is 26.8 Å². The first-order valence-electron chi connectivity index (χ1n) is 16.3. The maximum Gasteiger partial charge on any atom is 0.330 e. The number of amides is 5. The lowest BCUT2D eigenvalue weighted by Crippen LogP contribution is -2.55. The van der Waals surface area contributed by atoms with Crippen LogP contribution in [0.3, 0.4) is 0 Å². The van der Waals surface area contributed by atoms with E-state index in [0.29, 0.717) is 23.6 Å². The van der Waals surface area contributed by atoms with Crippen LogP contribution in [0.25, 0.3) is 0 Å². The molecule has 1 aliphatic heterocycles. The minimum Gasteiger partial charge on any atom is -0.493 e. The van der Waals surface area contributed by atoms with E-state index >= 15 is 0 Å². The Hall–Kier alpha value is -4.18. The number of nitrogens with zero attached hydrogens (tertiary/aromatic N) is 1. The van der Waals surface area contributed by atoms with Crippen LogP contribution in [0.5, 0.6) is 5.75 Å². The van der Waals surface area contributed by atoms with E-state index in [1.165, 1.54) is 17.7 Å². The summed E-state index contributed by atoms with van der Waals surface area (Å²) in [6, 6.07) is 8.19. The van der Waals surface area contributed by atoms with Gasteiger partial charge in [0, 0.05) is 23.1 Å². The van der Waals surface area contributed by atoms with Crippen LogP contribution in [0.2, 0.25) is 5.02 Å². The zero-order valence-electron chi connectivity index (χ0n) is 29.6. The van der Waals surface area contributed by atoms with Gasteiger partial charge in [-0.05, 0) is 59.9 Å². The Balaban J connectivity index is 1.68. The van der Waals surface area contributed by atoms with Gasteiger partial charge in [0.2, 0.25) is 5.91 Å². The zero-order chi connectivity index (χ0) is 36.2. The monoisotopic (exact) mass is 680 g/mol. The molecule has 11 heteroatoms. The first-order valence-corrected chi connectivity index (χ1v) is 16.7. The van der Waals surface area contributed by atoms with Crippen molar-refractivity contribution in [3.8, 4) is 5.75 Å². The molecule has 1 unspecified atom stereocenters. The first-order chi connectivity index (χ1) is 22.2. The number of hydrogen-bond acceptors (Lipinski definition) is 6. The highest BCUT2D eigenvalue weighted by molar-refractivity contribution is 6.34. The van der Waals surface area contributed by atoms with Crippen LogP contribution in [-0.2, 0) is 30.0 Å². The van der Waals surface area contributed by atoms with Gasteiger partial charge in [0.25, 0.3) is 11.8 Å². The molecule has 1 heterocycles. The molecule has 0 aromatic heterocycles. The van der Waals surface area contributed by atoms with Crippen LogP contribution in [0.1, 0.15) is 99.1 Å². The van der Waals surface area contributed by atoms with Crippen molar-refractivity contribution in [2.45, 2.75) is 105 Å². The predicted octanol–water partition coefficient (Wildman–Crippen LogP) is 7.50. The van der Waals surface area contributed by atoms with Crippen molar-refractivity contribution in [3.05, 3.63) is 64.8 Å². The van der Waals surface area contributed by atoms with Gasteiger partial charge in [-0.2, -0.15) is 0 Å². The van der Waals surface area contributed by atoms with Crippen LogP contribution in [0.4, 0.5) is 16.2 Å². The van der Waals surface area contributed by atoms with Crippen molar-refractivity contribution in [2.24, 2.45) is 5.41 Å². The molecule has 0 bridgehead atoms. The number of urea groups is 1. The van der Waals surface area contributed by atoms with Gasteiger partial charge in [-0.25, -0.2) is 9.69 Å². The van der Waals surface area contributed by atoms with Crippen molar-refractivity contribution >= 4 is 52.5 Å². The number of ketones is 1. The van der Waals surface area contributed by atoms with E-state index in [9.17, 15) is 24.0 Å². The molecule has 1 fully saturated rings. The summed E-state index contributed by atoms with van der Waals surface area (Å²) in [7, 11) is 0. The number of carbonyl (C=O) groups is 5. The molecule has 1 atom stereocenters. The zero-order valence-corrected chi connectivity index (χ0v) is 30.3. The Morgan fingerprint density at radius 2 is 1.58 bits per heavy atom. The Morgan fingerprint density at radius 3 is 2.15 bits per heavy atom. The van der Waals surface area contributed by atoms with Gasteiger partial charge in [0.15, 0.2) is 11.8 Å². The third-order valence-corrected chi connectivity index (χ3v) is 9.35. The van der Waals surface area contributed by atoms with Gasteiger partial charge in [-0.1, -0.05) is 92.6 Å². The molecule has 3 N–H and O–H groups in total. The summed E-state index contributed by atoms with van der Waals surface area (Å²) in [6.45, 7) is 21.8. The van der Waals surface area contributed by atoms with Gasteiger partial charge in [0.05, 0.1) is 17.3 Å². The Kier molecular flexibility index (Phi) is 11.9. The standard InChI is InChI=1S/C37H49ClN4O6/c1-11-36(7,8)23-15-18-28(25(20-23)37(9,10)12-2)48-19-13-14-29(43)40-24-16-17-26(38)27(21-24)41-32(45)30(31(44)35(4,5)6)42-33(46)22(3)39-34(42)47/h15-18,20-21,30H,3,11-14,19H2,1-2,4-10H3,(H,39,47)(H,40,43)(H,41,45). The second-order valence-electron chi connectivity index (χ2n) is 14.5. The number of Topliss-reactive ketones (excluding diaryl/α,β-unsaturated/α-hetero) is 1. The fourth-order valence-corrected chi connectivity index (χ4v) is 5.18. The van der Waals surface area contributed by atoms with E-state index in [-0.39, 0.29) is 39.6 Å². The highest BCUT2D eigenvalue weighted by Crippen LogP contribution is 2.38. The second kappa shape index (κ2) is 14.9. The number of nitrogens with one attached hydrogen (secondary N) is 3. The van der Waals surface area contributed by atoms with Crippen LogP contribution < -0.4 is 20.7 Å². The Morgan fingerprint density at radius 1 is 0.938 bits per heavy atom. The van der Waals surface area contributed by atoms with Gasteiger partial charge in [-0.3, -0.25) is 19.2 Å². The molecule has 0 saturated carbocycles. The molecular weight excluding hydrogens is 632 g/mol. The number of anilines is 2. The number of hydrogen-bond donors (Lipinski definition) is 3. The number of halogens is 1. The smallest absolute Gasteiger partial charge is 0.330 e. The molecule has 0 aliphatic carbocycles. The summed E-state index contributed by atoms with van der Waals surface area (Å²) in [4.78, 5) is 65.3.